The van der Waals surface area contributed by atoms with E-state index in [2.05, 4.69) is 20.8 Å². The standard InChI is InChI=1S/C16H34O/c1-4-5-6-7-8-9-10-11-15(2)12-13-16(3)14-17/h15-17H,4-14H2,1-3H3. The molecule has 0 aromatic heterocycles. The summed E-state index contributed by atoms with van der Waals surface area (Å²) in [4.78, 5) is 0. The third-order valence-electron chi connectivity index (χ3n) is 3.76. The highest BCUT2D eigenvalue weighted by atomic mass is 16.3. The van der Waals surface area contributed by atoms with Gasteiger partial charge in [-0.2, -0.15) is 0 Å². The average molecular weight is 242 g/mol. The second-order valence-electron chi connectivity index (χ2n) is 5.88. The van der Waals surface area contributed by atoms with E-state index in [4.69, 9.17) is 5.11 Å². The first kappa shape index (κ1) is 17.0. The molecule has 104 valence electrons. The molecule has 1 N–H and O–H groups in total. The molecule has 0 aromatic carbocycles. The molecule has 0 aliphatic carbocycles. The lowest BCUT2D eigenvalue weighted by molar-refractivity contribution is 0.221. The van der Waals surface area contributed by atoms with Crippen molar-refractivity contribution in [3.63, 3.8) is 0 Å². The highest BCUT2D eigenvalue weighted by Gasteiger charge is 2.05. The van der Waals surface area contributed by atoms with Gasteiger partial charge in [0.15, 0.2) is 0 Å². The molecule has 2 atom stereocenters. The number of aliphatic hydroxyl groups excluding tert-OH is 1. The van der Waals surface area contributed by atoms with Crippen molar-refractivity contribution in [3.8, 4) is 0 Å². The van der Waals surface area contributed by atoms with E-state index in [1.54, 1.807) is 0 Å². The molecule has 0 aliphatic rings. The zero-order chi connectivity index (χ0) is 12.9. The molecule has 17 heavy (non-hydrogen) atoms. The van der Waals surface area contributed by atoms with Crippen molar-refractivity contribution in [1.82, 2.24) is 0 Å². The maximum absolute atomic E-state index is 8.96. The van der Waals surface area contributed by atoms with E-state index in [-0.39, 0.29) is 0 Å². The Kier molecular flexibility index (Phi) is 12.4. The summed E-state index contributed by atoms with van der Waals surface area (Å²) in [7, 11) is 0. The largest absolute Gasteiger partial charge is 0.396 e. The van der Waals surface area contributed by atoms with Crippen LogP contribution in [0.1, 0.15) is 85.0 Å². The quantitative estimate of drug-likeness (QED) is 0.468. The minimum Gasteiger partial charge on any atom is -0.396 e. The molecule has 0 rings (SSSR count). The Bertz CT molecular complexity index is 144. The van der Waals surface area contributed by atoms with Gasteiger partial charge < -0.3 is 5.11 Å². The number of rotatable bonds is 12. The fourth-order valence-electron chi connectivity index (χ4n) is 2.25. The molecular formula is C16H34O. The van der Waals surface area contributed by atoms with Crippen LogP contribution in [0.4, 0.5) is 0 Å². The molecule has 0 bridgehead atoms. The lowest BCUT2D eigenvalue weighted by Gasteiger charge is -2.13. The summed E-state index contributed by atoms with van der Waals surface area (Å²) < 4.78 is 0. The highest BCUT2D eigenvalue weighted by Crippen LogP contribution is 2.18. The van der Waals surface area contributed by atoms with E-state index in [1.165, 1.54) is 64.2 Å². The average Bonchev–Trinajstić information content (AvgIpc) is 2.34. The molecule has 0 amide bonds. The Balaban J connectivity index is 3.19. The third-order valence-corrected chi connectivity index (χ3v) is 3.76. The van der Waals surface area contributed by atoms with Gasteiger partial charge in [-0.1, -0.05) is 78.6 Å². The van der Waals surface area contributed by atoms with Crippen LogP contribution in [-0.4, -0.2) is 11.7 Å². The molecule has 0 aromatic rings. The molecular weight excluding hydrogens is 208 g/mol. The maximum atomic E-state index is 8.96. The van der Waals surface area contributed by atoms with Gasteiger partial charge in [-0.05, 0) is 18.3 Å². The molecule has 1 nitrogen and oxygen atoms in total. The predicted octanol–water partition coefficient (Wildman–Crippen LogP) is 5.17. The number of unbranched alkanes of at least 4 members (excludes halogenated alkanes) is 6. The van der Waals surface area contributed by atoms with Crippen LogP contribution < -0.4 is 0 Å². The summed E-state index contributed by atoms with van der Waals surface area (Å²) in [5.41, 5.74) is 0. The lowest BCUT2D eigenvalue weighted by Crippen LogP contribution is -2.04. The molecule has 0 fully saturated rings. The van der Waals surface area contributed by atoms with Gasteiger partial charge in [0.1, 0.15) is 0 Å². The van der Waals surface area contributed by atoms with Gasteiger partial charge in [-0.25, -0.2) is 0 Å². The summed E-state index contributed by atoms with van der Waals surface area (Å²) >= 11 is 0. The Labute approximate surface area is 109 Å². The zero-order valence-corrected chi connectivity index (χ0v) is 12.4. The van der Waals surface area contributed by atoms with Gasteiger partial charge >= 0.3 is 0 Å². The molecule has 0 saturated carbocycles. The van der Waals surface area contributed by atoms with Crippen molar-refractivity contribution in [3.05, 3.63) is 0 Å². The van der Waals surface area contributed by atoms with Crippen LogP contribution in [0.2, 0.25) is 0 Å². The fourth-order valence-corrected chi connectivity index (χ4v) is 2.25. The first-order valence-corrected chi connectivity index (χ1v) is 7.81. The number of hydrogen-bond donors (Lipinski definition) is 1. The predicted molar refractivity (Wildman–Crippen MR) is 77.3 cm³/mol. The van der Waals surface area contributed by atoms with E-state index in [0.717, 1.165) is 5.92 Å². The summed E-state index contributed by atoms with van der Waals surface area (Å²) in [6, 6.07) is 0. The topological polar surface area (TPSA) is 20.2 Å². The van der Waals surface area contributed by atoms with Crippen LogP contribution >= 0.6 is 0 Å². The van der Waals surface area contributed by atoms with Crippen molar-refractivity contribution < 1.29 is 5.11 Å². The Hall–Kier alpha value is -0.0400. The lowest BCUT2D eigenvalue weighted by atomic mass is 9.94. The van der Waals surface area contributed by atoms with Crippen LogP contribution in [0, 0.1) is 11.8 Å². The molecule has 0 radical (unpaired) electrons. The molecule has 2 unspecified atom stereocenters. The second-order valence-corrected chi connectivity index (χ2v) is 5.88. The molecule has 1 heteroatoms. The number of aliphatic hydroxyl groups is 1. The van der Waals surface area contributed by atoms with Gasteiger partial charge in [0.2, 0.25) is 0 Å². The van der Waals surface area contributed by atoms with Gasteiger partial charge in [0, 0.05) is 6.61 Å². The SMILES string of the molecule is CCCCCCCCCC(C)CCC(C)CO. The monoisotopic (exact) mass is 242 g/mol. The van der Waals surface area contributed by atoms with Crippen molar-refractivity contribution in [2.45, 2.75) is 85.0 Å². The highest BCUT2D eigenvalue weighted by molar-refractivity contribution is 4.58. The zero-order valence-electron chi connectivity index (χ0n) is 12.4. The molecule has 0 saturated heterocycles. The van der Waals surface area contributed by atoms with Crippen LogP contribution in [0.5, 0.6) is 0 Å². The third kappa shape index (κ3) is 12.2. The fraction of sp³-hybridized carbons (Fsp3) is 1.00. The van der Waals surface area contributed by atoms with Gasteiger partial charge in [-0.15, -0.1) is 0 Å². The molecule has 0 aliphatic heterocycles. The Morgan fingerprint density at radius 3 is 1.82 bits per heavy atom. The maximum Gasteiger partial charge on any atom is 0.0456 e. The minimum absolute atomic E-state index is 0.351. The van der Waals surface area contributed by atoms with Crippen LogP contribution in [0.25, 0.3) is 0 Å². The summed E-state index contributed by atoms with van der Waals surface area (Å²) in [6.45, 7) is 7.13. The van der Waals surface area contributed by atoms with Crippen molar-refractivity contribution >= 4 is 0 Å². The van der Waals surface area contributed by atoms with Gasteiger partial charge in [-0.3, -0.25) is 0 Å². The summed E-state index contributed by atoms with van der Waals surface area (Å²) in [5, 5.41) is 8.96. The van der Waals surface area contributed by atoms with E-state index >= 15 is 0 Å². The Morgan fingerprint density at radius 2 is 1.24 bits per heavy atom. The van der Waals surface area contributed by atoms with Crippen molar-refractivity contribution in [2.24, 2.45) is 11.8 Å². The smallest absolute Gasteiger partial charge is 0.0456 e. The van der Waals surface area contributed by atoms with E-state index in [0.29, 0.717) is 12.5 Å². The van der Waals surface area contributed by atoms with Crippen molar-refractivity contribution in [1.29, 1.82) is 0 Å². The summed E-state index contributed by atoms with van der Waals surface area (Å²) in [5.74, 6) is 1.34. The van der Waals surface area contributed by atoms with Gasteiger partial charge in [0.25, 0.3) is 0 Å². The molecule has 0 spiro atoms. The normalized spacial score (nSPS) is 14.8. The van der Waals surface area contributed by atoms with Crippen LogP contribution in [-0.2, 0) is 0 Å². The van der Waals surface area contributed by atoms with E-state index < -0.39 is 0 Å². The first-order chi connectivity index (χ1) is 8.20. The van der Waals surface area contributed by atoms with Gasteiger partial charge in [0.05, 0.1) is 0 Å². The van der Waals surface area contributed by atoms with Crippen molar-refractivity contribution in [2.75, 3.05) is 6.61 Å². The summed E-state index contributed by atoms with van der Waals surface area (Å²) in [6.07, 6.45) is 13.7. The van der Waals surface area contributed by atoms with Crippen LogP contribution in [0.3, 0.4) is 0 Å². The molecule has 0 heterocycles. The van der Waals surface area contributed by atoms with Crippen LogP contribution in [0.15, 0.2) is 0 Å². The second kappa shape index (κ2) is 12.4. The Morgan fingerprint density at radius 1 is 0.706 bits per heavy atom. The minimum atomic E-state index is 0.351. The first-order valence-electron chi connectivity index (χ1n) is 7.81. The number of hydrogen-bond acceptors (Lipinski definition) is 1. The van der Waals surface area contributed by atoms with E-state index in [1.807, 2.05) is 0 Å². The van der Waals surface area contributed by atoms with E-state index in [9.17, 15) is 0 Å².